The van der Waals surface area contributed by atoms with Crippen LogP contribution in [0.4, 0.5) is 0 Å². The van der Waals surface area contributed by atoms with E-state index in [0.717, 1.165) is 6.42 Å². The van der Waals surface area contributed by atoms with Gasteiger partial charge in [0, 0.05) is 13.0 Å². The Kier molecular flexibility index (Phi) is 4.42. The maximum atomic E-state index is 10.9. The molecule has 0 radical (unpaired) electrons. The van der Waals surface area contributed by atoms with Crippen molar-refractivity contribution in [1.29, 1.82) is 0 Å². The van der Waals surface area contributed by atoms with E-state index in [-0.39, 0.29) is 6.61 Å². The Morgan fingerprint density at radius 3 is 2.69 bits per heavy atom. The van der Waals surface area contributed by atoms with Crippen LogP contribution in [0.2, 0.25) is 0 Å². The van der Waals surface area contributed by atoms with Crippen LogP contribution in [0, 0.1) is 6.92 Å². The van der Waals surface area contributed by atoms with Crippen LogP contribution in [0.3, 0.4) is 0 Å². The largest absolute Gasteiger partial charge is 0.480 e. The molecule has 1 aromatic rings. The Balaban J connectivity index is 2.81. The summed E-state index contributed by atoms with van der Waals surface area (Å²) in [6, 6.07) is -0.654. The summed E-state index contributed by atoms with van der Waals surface area (Å²) in [5.41, 5.74) is 0. The zero-order valence-electron chi connectivity index (χ0n) is 9.55. The second-order valence-corrected chi connectivity index (χ2v) is 3.73. The first-order valence-electron chi connectivity index (χ1n) is 5.32. The van der Waals surface area contributed by atoms with Crippen molar-refractivity contribution in [2.75, 3.05) is 6.61 Å². The van der Waals surface area contributed by atoms with E-state index in [1.54, 1.807) is 18.4 Å². The maximum Gasteiger partial charge on any atom is 0.326 e. The molecule has 1 atom stereocenters. The summed E-state index contributed by atoms with van der Waals surface area (Å²) in [6.45, 7) is 3.48. The molecular weight excluding hydrogens is 210 g/mol. The zero-order valence-corrected chi connectivity index (χ0v) is 9.55. The van der Waals surface area contributed by atoms with Crippen molar-refractivity contribution in [3.8, 4) is 0 Å². The van der Waals surface area contributed by atoms with Gasteiger partial charge < -0.3 is 14.8 Å². The van der Waals surface area contributed by atoms with E-state index in [1.165, 1.54) is 0 Å². The van der Waals surface area contributed by atoms with Crippen LogP contribution in [-0.2, 0) is 11.2 Å². The average molecular weight is 227 g/mol. The first kappa shape index (κ1) is 12.6. The summed E-state index contributed by atoms with van der Waals surface area (Å²) in [7, 11) is 0. The van der Waals surface area contributed by atoms with Crippen molar-refractivity contribution in [3.63, 3.8) is 0 Å². The molecule has 0 aliphatic carbocycles. The van der Waals surface area contributed by atoms with Crippen LogP contribution in [0.5, 0.6) is 0 Å². The van der Waals surface area contributed by atoms with Crippen molar-refractivity contribution in [2.45, 2.75) is 39.2 Å². The summed E-state index contributed by atoms with van der Waals surface area (Å²) in [6.07, 6.45) is 2.10. The lowest BCUT2D eigenvalue weighted by Gasteiger charge is -2.12. The second-order valence-electron chi connectivity index (χ2n) is 3.73. The number of carboxylic acids is 1. The highest BCUT2D eigenvalue weighted by Crippen LogP contribution is 2.13. The Hall–Kier alpha value is -1.43. The fraction of sp³-hybridized carbons (Fsp3) is 0.700. The van der Waals surface area contributed by atoms with E-state index < -0.39 is 12.0 Å². The van der Waals surface area contributed by atoms with Gasteiger partial charge in [-0.2, -0.15) is 0 Å². The molecule has 1 unspecified atom stereocenters. The van der Waals surface area contributed by atoms with Gasteiger partial charge in [0.2, 0.25) is 0 Å². The number of unbranched alkanes of at least 4 members (excludes halogenated alkanes) is 1. The Morgan fingerprint density at radius 1 is 1.44 bits per heavy atom. The van der Waals surface area contributed by atoms with Gasteiger partial charge in [0.25, 0.3) is 0 Å². The molecule has 0 aliphatic rings. The van der Waals surface area contributed by atoms with Crippen LogP contribution in [0.1, 0.15) is 37.5 Å². The van der Waals surface area contributed by atoms with Crippen LogP contribution >= 0.6 is 0 Å². The molecule has 6 heteroatoms. The third-order valence-electron chi connectivity index (χ3n) is 2.49. The minimum absolute atomic E-state index is 0.140. The van der Waals surface area contributed by atoms with Gasteiger partial charge in [-0.15, -0.1) is 10.2 Å². The SMILES string of the molecule is Cc1nnc(CCCCO)n1C(C)C(=O)O. The van der Waals surface area contributed by atoms with Crippen LogP contribution in [-0.4, -0.2) is 37.6 Å². The van der Waals surface area contributed by atoms with E-state index in [1.807, 2.05) is 0 Å². The van der Waals surface area contributed by atoms with E-state index in [4.69, 9.17) is 10.2 Å². The summed E-state index contributed by atoms with van der Waals surface area (Å²) in [5, 5.41) is 25.5. The summed E-state index contributed by atoms with van der Waals surface area (Å²) in [4.78, 5) is 10.9. The number of aliphatic hydroxyl groups excluding tert-OH is 1. The number of hydrogen-bond donors (Lipinski definition) is 2. The van der Waals surface area contributed by atoms with Gasteiger partial charge in [-0.25, -0.2) is 4.79 Å². The molecule has 1 aromatic heterocycles. The quantitative estimate of drug-likeness (QED) is 0.693. The van der Waals surface area contributed by atoms with E-state index in [0.29, 0.717) is 24.5 Å². The van der Waals surface area contributed by atoms with Gasteiger partial charge >= 0.3 is 5.97 Å². The highest BCUT2D eigenvalue weighted by Gasteiger charge is 2.19. The molecular formula is C10H17N3O3. The number of nitrogens with zero attached hydrogens (tertiary/aromatic N) is 3. The Labute approximate surface area is 93.9 Å². The van der Waals surface area contributed by atoms with Gasteiger partial charge in [0.1, 0.15) is 17.7 Å². The summed E-state index contributed by atoms with van der Waals surface area (Å²) >= 11 is 0. The zero-order chi connectivity index (χ0) is 12.1. The monoisotopic (exact) mass is 227 g/mol. The third kappa shape index (κ3) is 2.79. The molecule has 1 heterocycles. The highest BCUT2D eigenvalue weighted by molar-refractivity contribution is 5.71. The lowest BCUT2D eigenvalue weighted by molar-refractivity contribution is -0.140. The standard InChI is InChI=1S/C10H17N3O3/c1-7(10(15)16)13-8(2)11-12-9(13)5-3-4-6-14/h7,14H,3-6H2,1-2H3,(H,15,16). The molecule has 0 saturated heterocycles. The topological polar surface area (TPSA) is 88.2 Å². The van der Waals surface area contributed by atoms with Crippen molar-refractivity contribution in [1.82, 2.24) is 14.8 Å². The highest BCUT2D eigenvalue weighted by atomic mass is 16.4. The fourth-order valence-electron chi connectivity index (χ4n) is 1.59. The number of rotatable bonds is 6. The minimum atomic E-state index is -0.897. The third-order valence-corrected chi connectivity index (χ3v) is 2.49. The van der Waals surface area contributed by atoms with Gasteiger partial charge in [0.15, 0.2) is 0 Å². The van der Waals surface area contributed by atoms with Crippen LogP contribution in [0.25, 0.3) is 0 Å². The van der Waals surface area contributed by atoms with Crippen LogP contribution in [0.15, 0.2) is 0 Å². The molecule has 6 nitrogen and oxygen atoms in total. The molecule has 16 heavy (non-hydrogen) atoms. The number of carboxylic acid groups (broad SMARTS) is 1. The first-order valence-corrected chi connectivity index (χ1v) is 5.32. The molecule has 90 valence electrons. The predicted octanol–water partition coefficient (Wildman–Crippen LogP) is 0.547. The van der Waals surface area contributed by atoms with Gasteiger partial charge in [-0.05, 0) is 26.7 Å². The predicted molar refractivity (Wildman–Crippen MR) is 57.1 cm³/mol. The van der Waals surface area contributed by atoms with Crippen molar-refractivity contribution >= 4 is 5.97 Å². The van der Waals surface area contributed by atoms with Crippen molar-refractivity contribution < 1.29 is 15.0 Å². The average Bonchev–Trinajstić information content (AvgIpc) is 2.59. The van der Waals surface area contributed by atoms with Gasteiger partial charge in [-0.1, -0.05) is 0 Å². The molecule has 1 rings (SSSR count). The Morgan fingerprint density at radius 2 is 2.12 bits per heavy atom. The molecule has 0 spiro atoms. The van der Waals surface area contributed by atoms with E-state index in [2.05, 4.69) is 10.2 Å². The molecule has 0 amide bonds. The fourth-order valence-corrected chi connectivity index (χ4v) is 1.59. The molecule has 0 fully saturated rings. The molecule has 0 saturated carbocycles. The molecule has 0 aromatic carbocycles. The Bertz CT molecular complexity index is 362. The van der Waals surface area contributed by atoms with Crippen molar-refractivity contribution in [3.05, 3.63) is 11.6 Å². The molecule has 0 bridgehead atoms. The van der Waals surface area contributed by atoms with E-state index in [9.17, 15) is 4.79 Å². The number of hydrogen-bond acceptors (Lipinski definition) is 4. The summed E-state index contributed by atoms with van der Waals surface area (Å²) < 4.78 is 1.62. The smallest absolute Gasteiger partial charge is 0.326 e. The lowest BCUT2D eigenvalue weighted by Crippen LogP contribution is -2.19. The van der Waals surface area contributed by atoms with E-state index >= 15 is 0 Å². The number of aromatic nitrogens is 3. The van der Waals surface area contributed by atoms with Crippen molar-refractivity contribution in [2.24, 2.45) is 0 Å². The van der Waals surface area contributed by atoms with Gasteiger partial charge in [-0.3, -0.25) is 0 Å². The summed E-state index contributed by atoms with van der Waals surface area (Å²) in [5.74, 6) is 0.376. The van der Waals surface area contributed by atoms with Gasteiger partial charge in [0.05, 0.1) is 0 Å². The number of aliphatic carboxylic acids is 1. The number of aryl methyl sites for hydroxylation is 2. The molecule has 0 aliphatic heterocycles. The number of carbonyl (C=O) groups is 1. The van der Waals surface area contributed by atoms with Crippen LogP contribution < -0.4 is 0 Å². The normalized spacial score (nSPS) is 12.7. The molecule has 2 N–H and O–H groups in total. The maximum absolute atomic E-state index is 10.9. The number of aliphatic hydroxyl groups is 1. The second kappa shape index (κ2) is 5.60. The lowest BCUT2D eigenvalue weighted by atomic mass is 10.2. The first-order chi connectivity index (χ1) is 7.57. The minimum Gasteiger partial charge on any atom is -0.480 e.